The third-order valence-electron chi connectivity index (χ3n) is 5.81. The molecule has 0 atom stereocenters. The van der Waals surface area contributed by atoms with Gasteiger partial charge >= 0.3 is 55.8 Å². The molecule has 2 aromatic heterocycles. The number of hydrogen-bond acceptors (Lipinski definition) is 10. The van der Waals surface area contributed by atoms with E-state index in [-0.39, 0.29) is 44.8 Å². The van der Waals surface area contributed by atoms with Gasteiger partial charge in [0.05, 0.1) is 35.2 Å². The van der Waals surface area contributed by atoms with Crippen LogP contribution >= 0.6 is 0 Å². The van der Waals surface area contributed by atoms with Gasteiger partial charge in [-0.2, -0.15) is 26.3 Å². The van der Waals surface area contributed by atoms with Crippen LogP contribution in [0.5, 0.6) is 0 Å². The van der Waals surface area contributed by atoms with Crippen LogP contribution in [0.1, 0.15) is 0 Å². The summed E-state index contributed by atoms with van der Waals surface area (Å²) in [4.78, 5) is 0. The monoisotopic (exact) mass is 954 g/mol. The smallest absolute Gasteiger partial charge is 0.741 e. The Morgan fingerprint density at radius 3 is 0.923 bits per heavy atom. The molecule has 52 heavy (non-hydrogen) atoms. The van der Waals surface area contributed by atoms with Crippen LogP contribution in [-0.2, 0) is 65.0 Å². The van der Waals surface area contributed by atoms with E-state index < -0.39 is 31.3 Å². The molecule has 284 valence electrons. The quantitative estimate of drug-likeness (QED) is 0.0887. The molecule has 0 aliphatic rings. The van der Waals surface area contributed by atoms with Crippen LogP contribution < -0.4 is 0 Å². The molecule has 6 aromatic rings. The first-order valence-corrected chi connectivity index (χ1v) is 16.3. The number of halogens is 6. The van der Waals surface area contributed by atoms with Crippen LogP contribution in [0.2, 0.25) is 0 Å². The third kappa shape index (κ3) is 13.9. The van der Waals surface area contributed by atoms with Gasteiger partial charge in [0.25, 0.3) is 0 Å². The number of nitrogens with zero attached hydrogens (tertiary/aromatic N) is 6. The Labute approximate surface area is 324 Å². The van der Waals surface area contributed by atoms with E-state index in [1.165, 1.54) is 0 Å². The Morgan fingerprint density at radius 2 is 0.692 bits per heavy atom. The summed E-state index contributed by atoms with van der Waals surface area (Å²) in [5, 5.41) is 16.2. The Hall–Kier alpha value is -3.96. The Morgan fingerprint density at radius 1 is 0.462 bits per heavy atom. The molecule has 0 bridgehead atoms. The van der Waals surface area contributed by atoms with Gasteiger partial charge < -0.3 is 9.11 Å². The van der Waals surface area contributed by atoms with Gasteiger partial charge in [-0.05, 0) is 24.3 Å². The van der Waals surface area contributed by atoms with Crippen LogP contribution in [0.3, 0.4) is 0 Å². The second kappa shape index (κ2) is 20.3. The molecule has 2 heterocycles. The molecule has 0 unspecified atom stereocenters. The van der Waals surface area contributed by atoms with E-state index in [4.69, 9.17) is 25.9 Å². The zero-order chi connectivity index (χ0) is 37.0. The van der Waals surface area contributed by atoms with Crippen molar-refractivity contribution in [3.63, 3.8) is 0 Å². The normalized spacial score (nSPS) is 11.1. The van der Waals surface area contributed by atoms with Gasteiger partial charge in [-0.1, -0.05) is 107 Å². The molecule has 0 fully saturated rings. The number of alkyl halides is 6. The zero-order valence-corrected chi connectivity index (χ0v) is 30.1. The third-order valence-corrected chi connectivity index (χ3v) is 6.94. The van der Waals surface area contributed by atoms with Crippen molar-refractivity contribution in [2.45, 2.75) is 11.0 Å². The summed E-state index contributed by atoms with van der Waals surface area (Å²) in [7, 11) is -12.2. The number of rotatable bonds is 4. The molecule has 0 radical (unpaired) electrons. The Balaban J connectivity index is 0.000000365. The minimum absolute atomic E-state index is 0. The molecule has 0 N–H and O–H groups in total. The molecule has 4 aromatic carbocycles. The van der Waals surface area contributed by atoms with Gasteiger partial charge in [-0.25, -0.2) is 26.2 Å². The molecular weight excluding hydrogens is 934 g/mol. The van der Waals surface area contributed by atoms with Crippen LogP contribution in [0.4, 0.5) is 26.3 Å². The summed E-state index contributed by atoms with van der Waals surface area (Å²) in [6.45, 7) is 0. The van der Waals surface area contributed by atoms with Gasteiger partial charge in [0, 0.05) is 11.1 Å². The van der Waals surface area contributed by atoms with Crippen LogP contribution in [0, 0.1) is 0 Å². The van der Waals surface area contributed by atoms with Gasteiger partial charge in [-0.3, -0.25) is 0 Å². The average Bonchev–Trinajstić information content (AvgIpc) is 3.77. The fourth-order valence-corrected chi connectivity index (χ4v) is 3.60. The Bertz CT molecular complexity index is 1880. The van der Waals surface area contributed by atoms with Crippen molar-refractivity contribution in [3.8, 4) is 33.9 Å². The van der Waals surface area contributed by atoms with Crippen LogP contribution in [-0.4, -0.2) is 66.9 Å². The van der Waals surface area contributed by atoms with Crippen LogP contribution in [0.15, 0.2) is 134 Å². The summed E-state index contributed by atoms with van der Waals surface area (Å²) in [6.07, 6.45) is 3.56. The summed E-state index contributed by atoms with van der Waals surface area (Å²) in [6, 6.07) is 40.3. The van der Waals surface area contributed by atoms with Crippen molar-refractivity contribution in [2.75, 3.05) is 0 Å². The summed E-state index contributed by atoms with van der Waals surface area (Å²) in [5.41, 5.74) is -5.04. The maximum Gasteiger partial charge on any atom is 1.00 e. The van der Waals surface area contributed by atoms with Crippen molar-refractivity contribution in [1.82, 2.24) is 30.0 Å². The van der Waals surface area contributed by atoms with Crippen molar-refractivity contribution < 1.29 is 97.0 Å². The molecule has 12 nitrogen and oxygen atoms in total. The molecule has 0 spiro atoms. The number of benzene rings is 4. The first-order valence-electron chi connectivity index (χ1n) is 13.5. The molecule has 6 rings (SSSR count). The largest absolute Gasteiger partial charge is 1.00 e. The van der Waals surface area contributed by atoms with Crippen molar-refractivity contribution in [1.29, 1.82) is 0 Å². The minimum atomic E-state index is -6.09. The predicted octanol–water partition coefficient (Wildman–Crippen LogP) is 5.97. The Kier molecular flexibility index (Phi) is 18.0. The van der Waals surface area contributed by atoms with Gasteiger partial charge in [-0.15, -0.1) is 10.2 Å². The first kappa shape index (κ1) is 46.1. The zero-order valence-electron chi connectivity index (χ0n) is 25.5. The average molecular weight is 956 g/mol. The second-order valence-corrected chi connectivity index (χ2v) is 12.0. The van der Waals surface area contributed by atoms with E-state index in [2.05, 4.69) is 44.9 Å². The number of aromatic nitrogens is 6. The number of hydrogen-bond donors (Lipinski definition) is 0. The summed E-state index contributed by atoms with van der Waals surface area (Å²) < 4.78 is 121. The fraction of sp³-hybridized carbons (Fsp3) is 0.0667. The van der Waals surface area contributed by atoms with E-state index in [0.29, 0.717) is 0 Å². The second-order valence-electron chi connectivity index (χ2n) is 9.26. The van der Waals surface area contributed by atoms with E-state index >= 15 is 0 Å². The van der Waals surface area contributed by atoms with E-state index in [1.807, 2.05) is 106 Å². The van der Waals surface area contributed by atoms with Gasteiger partial charge in [0.15, 0.2) is 20.2 Å². The van der Waals surface area contributed by atoms with Crippen molar-refractivity contribution in [3.05, 3.63) is 134 Å². The molecule has 0 saturated carbocycles. The topological polar surface area (TPSA) is 176 Å². The van der Waals surface area contributed by atoms with E-state index in [0.717, 1.165) is 33.9 Å². The molecule has 0 saturated heterocycles. The maximum absolute atomic E-state index is 10.7. The maximum atomic E-state index is 10.7. The fourth-order valence-electron chi connectivity index (χ4n) is 3.60. The summed E-state index contributed by atoms with van der Waals surface area (Å²) >= 11 is 0. The van der Waals surface area contributed by atoms with Crippen LogP contribution in [0.25, 0.3) is 33.9 Å². The predicted molar refractivity (Wildman–Crippen MR) is 165 cm³/mol. The number of para-hydroxylation sites is 2. The van der Waals surface area contributed by atoms with Gasteiger partial charge in [0.2, 0.25) is 0 Å². The molecule has 0 aliphatic carbocycles. The molecule has 0 aliphatic heterocycles. The molecular formula is C30H22Ag2F6N6O6S2. The van der Waals surface area contributed by atoms with E-state index in [1.54, 1.807) is 12.4 Å². The van der Waals surface area contributed by atoms with Crippen molar-refractivity contribution >= 4 is 20.2 Å². The first-order chi connectivity index (χ1) is 23.4. The SMILES string of the molecule is O=S(=O)([O-])C(F)(F)F.O=S(=O)([O-])C(F)(F)F.[Ag+].[Ag+].c1ccc(-c2cnnn2-c2ccccc2)cc1.c1ccc(-c2cnnn2-c2ccccc2)cc1. The summed E-state index contributed by atoms with van der Waals surface area (Å²) in [5.74, 6) is 0. The van der Waals surface area contributed by atoms with E-state index in [9.17, 15) is 26.3 Å². The van der Waals surface area contributed by atoms with Crippen molar-refractivity contribution in [2.24, 2.45) is 0 Å². The molecule has 0 amide bonds. The molecule has 22 heteroatoms. The standard InChI is InChI=1S/2C14H11N3.2CHF3O3S.2Ag/c2*1-3-7-12(8-4-1)14-11-15-16-17(14)13-9-5-2-6-10-13;2*2-1(3,4)8(5,6)7;;/h2*1-11H;2*(H,5,6,7);;/q;;;;2*+1/p-2. The van der Waals surface area contributed by atoms with Gasteiger partial charge in [0.1, 0.15) is 0 Å². The minimum Gasteiger partial charge on any atom is -0.741 e.